The van der Waals surface area contributed by atoms with Gasteiger partial charge in [-0.25, -0.2) is 4.98 Å². The van der Waals surface area contributed by atoms with Gasteiger partial charge in [0.2, 0.25) is 0 Å². The van der Waals surface area contributed by atoms with Gasteiger partial charge in [0.25, 0.3) is 5.91 Å². The number of aromatic nitrogens is 1. The SMILES string of the molecule is CN(Cc1nc2ccccc2s1)C(=O)COc1ccccc1C(C)(C)C. The molecule has 1 amide bonds. The first-order valence-electron chi connectivity index (χ1n) is 8.65. The number of thiazole rings is 1. The second-order valence-electron chi connectivity index (χ2n) is 7.36. The minimum absolute atomic E-state index is 0.0223. The summed E-state index contributed by atoms with van der Waals surface area (Å²) in [5, 5.41) is 0.928. The average molecular weight is 369 g/mol. The summed E-state index contributed by atoms with van der Waals surface area (Å²) in [6.45, 7) is 6.92. The van der Waals surface area contributed by atoms with E-state index in [1.165, 1.54) is 0 Å². The fourth-order valence-electron chi connectivity index (χ4n) is 2.74. The van der Waals surface area contributed by atoms with Crippen LogP contribution in [0.15, 0.2) is 48.5 Å². The van der Waals surface area contributed by atoms with E-state index in [4.69, 9.17) is 4.74 Å². The first-order chi connectivity index (χ1) is 12.3. The van der Waals surface area contributed by atoms with Crippen molar-refractivity contribution in [2.45, 2.75) is 32.7 Å². The number of nitrogens with zero attached hydrogens (tertiary/aromatic N) is 2. The second-order valence-corrected chi connectivity index (χ2v) is 8.48. The fourth-order valence-corrected chi connectivity index (χ4v) is 3.76. The van der Waals surface area contributed by atoms with Crippen LogP contribution in [-0.4, -0.2) is 29.4 Å². The third-order valence-corrected chi connectivity index (χ3v) is 5.20. The van der Waals surface area contributed by atoms with E-state index >= 15 is 0 Å². The molecule has 1 heterocycles. The van der Waals surface area contributed by atoms with E-state index in [0.29, 0.717) is 6.54 Å². The van der Waals surface area contributed by atoms with E-state index in [-0.39, 0.29) is 17.9 Å². The Bertz CT molecular complexity index is 879. The number of fused-ring (bicyclic) bond motifs is 1. The van der Waals surface area contributed by atoms with E-state index in [9.17, 15) is 4.79 Å². The molecule has 0 aliphatic rings. The van der Waals surface area contributed by atoms with Gasteiger partial charge in [0, 0.05) is 7.05 Å². The van der Waals surface area contributed by atoms with Crippen LogP contribution in [0.1, 0.15) is 31.3 Å². The number of carbonyl (C=O) groups excluding carboxylic acids is 1. The van der Waals surface area contributed by atoms with Gasteiger partial charge >= 0.3 is 0 Å². The molecule has 0 fully saturated rings. The third-order valence-electron chi connectivity index (χ3n) is 4.18. The summed E-state index contributed by atoms with van der Waals surface area (Å²) in [4.78, 5) is 18.7. The van der Waals surface area contributed by atoms with E-state index in [1.54, 1.807) is 23.3 Å². The van der Waals surface area contributed by atoms with Crippen LogP contribution in [0.3, 0.4) is 0 Å². The van der Waals surface area contributed by atoms with Gasteiger partial charge in [0.15, 0.2) is 6.61 Å². The number of para-hydroxylation sites is 2. The Labute approximate surface area is 158 Å². The average Bonchev–Trinajstić information content (AvgIpc) is 3.01. The fraction of sp³-hybridized carbons (Fsp3) is 0.333. The predicted octanol–water partition coefficient (Wildman–Crippen LogP) is 4.63. The van der Waals surface area contributed by atoms with Gasteiger partial charge in [0.05, 0.1) is 16.8 Å². The molecule has 0 spiro atoms. The lowest BCUT2D eigenvalue weighted by atomic mass is 9.86. The number of amides is 1. The summed E-state index contributed by atoms with van der Waals surface area (Å²) in [5.41, 5.74) is 2.04. The summed E-state index contributed by atoms with van der Waals surface area (Å²) in [5.74, 6) is 0.703. The van der Waals surface area contributed by atoms with E-state index in [2.05, 4.69) is 25.8 Å². The van der Waals surface area contributed by atoms with Gasteiger partial charge < -0.3 is 9.64 Å². The summed E-state index contributed by atoms with van der Waals surface area (Å²) < 4.78 is 6.97. The molecular weight excluding hydrogens is 344 g/mol. The number of rotatable bonds is 5. The predicted molar refractivity (Wildman–Crippen MR) is 107 cm³/mol. The van der Waals surface area contributed by atoms with Gasteiger partial charge in [0.1, 0.15) is 10.8 Å². The summed E-state index contributed by atoms with van der Waals surface area (Å²) in [7, 11) is 1.79. The van der Waals surface area contributed by atoms with E-state index in [0.717, 1.165) is 26.5 Å². The molecule has 1 aromatic heterocycles. The van der Waals surface area contributed by atoms with Crippen molar-refractivity contribution in [3.8, 4) is 5.75 Å². The van der Waals surface area contributed by atoms with Crippen molar-refractivity contribution in [2.24, 2.45) is 0 Å². The lowest BCUT2D eigenvalue weighted by molar-refractivity contribution is -0.132. The van der Waals surface area contributed by atoms with Gasteiger partial charge in [-0.1, -0.05) is 51.1 Å². The Hall–Kier alpha value is -2.40. The Balaban J connectivity index is 1.63. The van der Waals surface area contributed by atoms with E-state index < -0.39 is 0 Å². The Morgan fingerprint density at radius 2 is 1.81 bits per heavy atom. The Kier molecular flexibility index (Phi) is 5.28. The summed E-state index contributed by atoms with van der Waals surface area (Å²) in [6.07, 6.45) is 0. The Morgan fingerprint density at radius 3 is 2.54 bits per heavy atom. The second kappa shape index (κ2) is 7.46. The molecule has 0 aliphatic heterocycles. The van der Waals surface area contributed by atoms with Gasteiger partial charge in [-0.05, 0) is 29.2 Å². The lowest BCUT2D eigenvalue weighted by Crippen LogP contribution is -2.31. The highest BCUT2D eigenvalue weighted by atomic mass is 32.1. The number of hydrogen-bond donors (Lipinski definition) is 0. The van der Waals surface area contributed by atoms with Crippen molar-refractivity contribution >= 4 is 27.5 Å². The summed E-state index contributed by atoms with van der Waals surface area (Å²) in [6, 6.07) is 15.9. The van der Waals surface area contributed by atoms with Crippen LogP contribution in [0.4, 0.5) is 0 Å². The zero-order chi connectivity index (χ0) is 18.7. The molecule has 136 valence electrons. The minimum Gasteiger partial charge on any atom is -0.483 e. The molecule has 3 rings (SSSR count). The van der Waals surface area contributed by atoms with Crippen LogP contribution < -0.4 is 4.74 Å². The number of benzene rings is 2. The highest BCUT2D eigenvalue weighted by Gasteiger charge is 2.19. The first kappa shape index (κ1) is 18.4. The van der Waals surface area contributed by atoms with Gasteiger partial charge in [-0.3, -0.25) is 4.79 Å². The zero-order valence-corrected chi connectivity index (χ0v) is 16.5. The van der Waals surface area contributed by atoms with Crippen LogP contribution in [0.2, 0.25) is 0 Å². The highest BCUT2D eigenvalue weighted by molar-refractivity contribution is 7.18. The minimum atomic E-state index is -0.0621. The van der Waals surface area contributed by atoms with Gasteiger partial charge in [-0.2, -0.15) is 0 Å². The van der Waals surface area contributed by atoms with Crippen molar-refractivity contribution < 1.29 is 9.53 Å². The number of carbonyl (C=O) groups is 1. The molecule has 0 saturated heterocycles. The normalized spacial score (nSPS) is 11.5. The van der Waals surface area contributed by atoms with Gasteiger partial charge in [-0.15, -0.1) is 11.3 Å². The topological polar surface area (TPSA) is 42.4 Å². The van der Waals surface area contributed by atoms with Crippen molar-refractivity contribution in [2.75, 3.05) is 13.7 Å². The largest absolute Gasteiger partial charge is 0.483 e. The van der Waals surface area contributed by atoms with Crippen molar-refractivity contribution in [3.05, 3.63) is 59.1 Å². The molecule has 0 bridgehead atoms. The van der Waals surface area contributed by atoms with Crippen LogP contribution in [0, 0.1) is 0 Å². The molecule has 0 radical (unpaired) electrons. The molecular formula is C21H24N2O2S. The highest BCUT2D eigenvalue weighted by Crippen LogP contribution is 2.31. The van der Waals surface area contributed by atoms with E-state index in [1.807, 2.05) is 48.5 Å². The van der Waals surface area contributed by atoms with Crippen LogP contribution in [0.25, 0.3) is 10.2 Å². The molecule has 0 saturated carbocycles. The lowest BCUT2D eigenvalue weighted by Gasteiger charge is -2.23. The number of ether oxygens (including phenoxy) is 1. The zero-order valence-electron chi connectivity index (χ0n) is 15.7. The molecule has 5 heteroatoms. The van der Waals surface area contributed by atoms with Crippen LogP contribution in [0.5, 0.6) is 5.75 Å². The maximum Gasteiger partial charge on any atom is 0.260 e. The molecule has 26 heavy (non-hydrogen) atoms. The standard InChI is InChI=1S/C21H24N2O2S/c1-21(2,3)15-9-5-7-11-17(15)25-14-20(24)23(4)13-19-22-16-10-6-8-12-18(16)26-19/h5-12H,13-14H2,1-4H3. The maximum atomic E-state index is 12.5. The first-order valence-corrected chi connectivity index (χ1v) is 9.47. The van der Waals surface area contributed by atoms with Crippen molar-refractivity contribution in [3.63, 3.8) is 0 Å². The molecule has 0 atom stereocenters. The molecule has 0 N–H and O–H groups in total. The number of likely N-dealkylation sites (N-methyl/N-ethyl adjacent to an activating group) is 1. The third kappa shape index (κ3) is 4.22. The smallest absolute Gasteiger partial charge is 0.260 e. The van der Waals surface area contributed by atoms with Crippen molar-refractivity contribution in [1.82, 2.24) is 9.88 Å². The van der Waals surface area contributed by atoms with Crippen LogP contribution in [-0.2, 0) is 16.8 Å². The molecule has 0 unspecified atom stereocenters. The Morgan fingerprint density at radius 1 is 1.12 bits per heavy atom. The van der Waals surface area contributed by atoms with Crippen LogP contribution >= 0.6 is 11.3 Å². The number of hydrogen-bond acceptors (Lipinski definition) is 4. The monoisotopic (exact) mass is 368 g/mol. The quantitative estimate of drug-likeness (QED) is 0.659. The summed E-state index contributed by atoms with van der Waals surface area (Å²) >= 11 is 1.62. The molecule has 2 aromatic carbocycles. The maximum absolute atomic E-state index is 12.5. The molecule has 4 nitrogen and oxygen atoms in total. The molecule has 0 aliphatic carbocycles. The van der Waals surface area contributed by atoms with Crippen molar-refractivity contribution in [1.29, 1.82) is 0 Å². The molecule has 3 aromatic rings.